The van der Waals surface area contributed by atoms with Crippen LogP contribution in [0.2, 0.25) is 0 Å². The van der Waals surface area contributed by atoms with Crippen molar-refractivity contribution in [2.24, 2.45) is 5.73 Å². The standard InChI is InChI=1S/C11H11N3O8/c1-5(15)22-11(17)7(12)2-6-3-8(13(18)19)10(16)9(4-6)14(20)21/h3-4,7,16H,2,12H2,1H3/t7-/m0/s1. The second-order valence-electron chi connectivity index (χ2n) is 4.22. The van der Waals surface area contributed by atoms with Gasteiger partial charge in [0.1, 0.15) is 6.04 Å². The number of carbonyl (C=O) groups is 2. The molecule has 22 heavy (non-hydrogen) atoms. The molecule has 0 unspecified atom stereocenters. The summed E-state index contributed by atoms with van der Waals surface area (Å²) in [6.45, 7) is 0.987. The SMILES string of the molecule is CC(=O)OC(=O)[C@@H](N)Cc1cc([N+](=O)[O-])c(O)c([N+](=O)[O-])c1. The van der Waals surface area contributed by atoms with E-state index >= 15 is 0 Å². The first kappa shape index (κ1) is 17.0. The monoisotopic (exact) mass is 313 g/mol. The number of phenolic OH excluding ortho intramolecular Hbond substituents is 1. The average molecular weight is 313 g/mol. The quantitative estimate of drug-likeness (QED) is 0.332. The topological polar surface area (TPSA) is 176 Å². The van der Waals surface area contributed by atoms with E-state index in [-0.39, 0.29) is 12.0 Å². The van der Waals surface area contributed by atoms with Gasteiger partial charge >= 0.3 is 23.3 Å². The van der Waals surface area contributed by atoms with Crippen molar-refractivity contribution in [2.45, 2.75) is 19.4 Å². The van der Waals surface area contributed by atoms with E-state index in [0.717, 1.165) is 19.1 Å². The van der Waals surface area contributed by atoms with Gasteiger partial charge in [0.25, 0.3) is 5.75 Å². The number of ether oxygens (including phenoxy) is 1. The molecule has 0 bridgehead atoms. The van der Waals surface area contributed by atoms with Gasteiger partial charge in [-0.05, 0) is 12.0 Å². The minimum absolute atomic E-state index is 0.0378. The van der Waals surface area contributed by atoms with E-state index in [0.29, 0.717) is 0 Å². The second-order valence-corrected chi connectivity index (χ2v) is 4.22. The molecule has 0 aromatic heterocycles. The van der Waals surface area contributed by atoms with E-state index in [1.165, 1.54) is 0 Å². The molecule has 1 aromatic rings. The fraction of sp³-hybridized carbons (Fsp3) is 0.273. The molecule has 0 aliphatic heterocycles. The number of hydrogen-bond acceptors (Lipinski definition) is 9. The van der Waals surface area contributed by atoms with E-state index in [1.54, 1.807) is 0 Å². The third-order valence-electron chi connectivity index (χ3n) is 2.53. The molecule has 1 aromatic carbocycles. The lowest BCUT2D eigenvalue weighted by Gasteiger charge is -2.10. The number of phenols is 1. The molecule has 11 nitrogen and oxygen atoms in total. The number of nitrogens with zero attached hydrogens (tertiary/aromatic N) is 2. The van der Waals surface area contributed by atoms with E-state index in [9.17, 15) is 34.9 Å². The molecule has 3 N–H and O–H groups in total. The maximum absolute atomic E-state index is 11.4. The van der Waals surface area contributed by atoms with Crippen LogP contribution < -0.4 is 5.73 Å². The van der Waals surface area contributed by atoms with Gasteiger partial charge in [0.15, 0.2) is 0 Å². The van der Waals surface area contributed by atoms with Crippen molar-refractivity contribution in [3.05, 3.63) is 37.9 Å². The number of nitro groups is 2. The number of carbonyl (C=O) groups excluding carboxylic acids is 2. The Kier molecular flexibility index (Phi) is 5.08. The predicted molar refractivity (Wildman–Crippen MR) is 69.9 cm³/mol. The molecule has 0 aliphatic carbocycles. The summed E-state index contributed by atoms with van der Waals surface area (Å²) in [4.78, 5) is 41.5. The van der Waals surface area contributed by atoms with E-state index in [2.05, 4.69) is 4.74 Å². The molecule has 11 heteroatoms. The van der Waals surface area contributed by atoms with Crippen molar-refractivity contribution in [3.63, 3.8) is 0 Å². The molecule has 0 heterocycles. The minimum atomic E-state index is -1.35. The Labute approximate surface area is 122 Å². The number of nitro benzene ring substituents is 2. The highest BCUT2D eigenvalue weighted by Crippen LogP contribution is 2.36. The Balaban J connectivity index is 3.15. The van der Waals surface area contributed by atoms with Crippen LogP contribution in [0, 0.1) is 20.2 Å². The number of rotatable bonds is 5. The predicted octanol–water partition coefficient (Wildman–Crippen LogP) is 0.168. The number of benzene rings is 1. The summed E-state index contributed by atoms with van der Waals surface area (Å²) in [5.41, 5.74) is 3.64. The fourth-order valence-corrected chi connectivity index (χ4v) is 1.61. The Morgan fingerprint density at radius 3 is 2.09 bits per heavy atom. The maximum atomic E-state index is 11.4. The third kappa shape index (κ3) is 3.96. The van der Waals surface area contributed by atoms with E-state index in [4.69, 9.17) is 5.73 Å². The Morgan fingerprint density at radius 2 is 1.73 bits per heavy atom. The van der Waals surface area contributed by atoms with Crippen LogP contribution in [0.15, 0.2) is 12.1 Å². The second kappa shape index (κ2) is 6.58. The van der Waals surface area contributed by atoms with Crippen LogP contribution in [0.5, 0.6) is 5.75 Å². The lowest BCUT2D eigenvalue weighted by atomic mass is 10.0. The van der Waals surface area contributed by atoms with Gasteiger partial charge in [0.05, 0.1) is 9.85 Å². The minimum Gasteiger partial charge on any atom is -0.497 e. The molecule has 1 atom stereocenters. The van der Waals surface area contributed by atoms with Gasteiger partial charge in [-0.25, -0.2) is 4.79 Å². The largest absolute Gasteiger partial charge is 0.497 e. The Bertz CT molecular complexity index is 622. The first-order chi connectivity index (χ1) is 10.1. The zero-order valence-corrected chi connectivity index (χ0v) is 11.2. The molecular formula is C11H11N3O8. The summed E-state index contributed by atoms with van der Waals surface area (Å²) in [6, 6.07) is 0.347. The van der Waals surface area contributed by atoms with Gasteiger partial charge in [-0.15, -0.1) is 0 Å². The Morgan fingerprint density at radius 1 is 1.27 bits per heavy atom. The van der Waals surface area contributed by atoms with Crippen LogP contribution in [0.1, 0.15) is 12.5 Å². The van der Waals surface area contributed by atoms with Gasteiger partial charge in [-0.3, -0.25) is 25.0 Å². The van der Waals surface area contributed by atoms with Crippen LogP contribution in [0.3, 0.4) is 0 Å². The van der Waals surface area contributed by atoms with E-state index in [1.807, 2.05) is 0 Å². The first-order valence-corrected chi connectivity index (χ1v) is 5.76. The molecule has 0 saturated heterocycles. The van der Waals surface area contributed by atoms with Crippen molar-refractivity contribution in [1.82, 2.24) is 0 Å². The van der Waals surface area contributed by atoms with Gasteiger partial charge in [-0.1, -0.05) is 0 Å². The van der Waals surface area contributed by atoms with Crippen LogP contribution >= 0.6 is 0 Å². The van der Waals surface area contributed by atoms with Crippen LogP contribution in [-0.4, -0.2) is 32.9 Å². The number of aromatic hydroxyl groups is 1. The molecular weight excluding hydrogens is 302 g/mol. The highest BCUT2D eigenvalue weighted by Gasteiger charge is 2.28. The van der Waals surface area contributed by atoms with Gasteiger partial charge in [0.2, 0.25) is 0 Å². The van der Waals surface area contributed by atoms with Crippen molar-refractivity contribution in [3.8, 4) is 5.75 Å². The molecule has 0 radical (unpaired) electrons. The molecule has 0 amide bonds. The van der Waals surface area contributed by atoms with Crippen LogP contribution in [0.4, 0.5) is 11.4 Å². The molecule has 0 aliphatic rings. The number of nitrogens with two attached hydrogens (primary N) is 1. The summed E-state index contributed by atoms with van der Waals surface area (Å²) in [5, 5.41) is 31.0. The number of esters is 2. The average Bonchev–Trinajstić information content (AvgIpc) is 2.38. The van der Waals surface area contributed by atoms with Crippen molar-refractivity contribution >= 4 is 23.3 Å². The van der Waals surface area contributed by atoms with Crippen LogP contribution in [-0.2, 0) is 20.7 Å². The summed E-state index contributed by atoms with van der Waals surface area (Å²) in [7, 11) is 0. The summed E-state index contributed by atoms with van der Waals surface area (Å²) in [6.07, 6.45) is -0.353. The zero-order valence-electron chi connectivity index (χ0n) is 11.2. The smallest absolute Gasteiger partial charge is 0.330 e. The normalized spacial score (nSPS) is 11.5. The lowest BCUT2D eigenvalue weighted by Crippen LogP contribution is -2.35. The van der Waals surface area contributed by atoms with Gasteiger partial charge < -0.3 is 15.6 Å². The molecule has 0 saturated carbocycles. The summed E-state index contributed by atoms with van der Waals surface area (Å²) >= 11 is 0. The zero-order chi connectivity index (χ0) is 17.0. The highest BCUT2D eigenvalue weighted by molar-refractivity contribution is 5.87. The van der Waals surface area contributed by atoms with Crippen LogP contribution in [0.25, 0.3) is 0 Å². The molecule has 0 spiro atoms. The number of hydrogen-bond donors (Lipinski definition) is 2. The van der Waals surface area contributed by atoms with Gasteiger partial charge in [0, 0.05) is 19.1 Å². The van der Waals surface area contributed by atoms with Gasteiger partial charge in [-0.2, -0.15) is 0 Å². The molecule has 118 valence electrons. The van der Waals surface area contributed by atoms with Crippen molar-refractivity contribution < 1.29 is 29.3 Å². The summed E-state index contributed by atoms with van der Waals surface area (Å²) in [5.74, 6) is -3.06. The molecule has 0 fully saturated rings. The lowest BCUT2D eigenvalue weighted by molar-refractivity contribution is -0.396. The maximum Gasteiger partial charge on any atom is 0.330 e. The highest BCUT2D eigenvalue weighted by atomic mass is 16.6. The first-order valence-electron chi connectivity index (χ1n) is 5.76. The fourth-order valence-electron chi connectivity index (χ4n) is 1.61. The van der Waals surface area contributed by atoms with E-state index < -0.39 is 45.0 Å². The molecule has 1 rings (SSSR count). The van der Waals surface area contributed by atoms with Crippen molar-refractivity contribution in [2.75, 3.05) is 0 Å². The third-order valence-corrected chi connectivity index (χ3v) is 2.53. The Hall–Kier alpha value is -3.08. The summed E-state index contributed by atoms with van der Waals surface area (Å²) < 4.78 is 4.24. The van der Waals surface area contributed by atoms with Crippen molar-refractivity contribution in [1.29, 1.82) is 0 Å².